The quantitative estimate of drug-likeness (QED) is 0.420. The van der Waals surface area contributed by atoms with Gasteiger partial charge in [-0.15, -0.1) is 0 Å². The van der Waals surface area contributed by atoms with Crippen LogP contribution in [0, 0.1) is 0 Å². The lowest BCUT2D eigenvalue weighted by atomic mass is 10.2. The fourth-order valence-electron chi connectivity index (χ4n) is 0.896. The smallest absolute Gasteiger partial charge is 0.142 e. The molecular weight excluding hydrogens is 240 g/mol. The van der Waals surface area contributed by atoms with E-state index in [0.29, 0.717) is 17.9 Å². The van der Waals surface area contributed by atoms with E-state index in [0.717, 1.165) is 13.0 Å². The molecule has 0 fully saturated rings. The zero-order valence-electron chi connectivity index (χ0n) is 11.0. The number of rotatable bonds is 9. The summed E-state index contributed by atoms with van der Waals surface area (Å²) in [5.74, 6) is 1.06. The highest BCUT2D eigenvalue weighted by Gasteiger charge is 2.05. The normalized spacial score (nSPS) is 11.6. The van der Waals surface area contributed by atoms with Crippen LogP contribution in [0.3, 0.4) is 0 Å². The topological polar surface area (TPSA) is 81.6 Å². The molecular formula is C11H26N2O3S. The van der Waals surface area contributed by atoms with Gasteiger partial charge in [-0.3, -0.25) is 4.79 Å². The highest BCUT2D eigenvalue weighted by Crippen LogP contribution is 2.05. The average molecular weight is 266 g/mol. The minimum atomic E-state index is -0.704. The van der Waals surface area contributed by atoms with Gasteiger partial charge in [-0.1, -0.05) is 0 Å². The molecule has 0 aliphatic rings. The van der Waals surface area contributed by atoms with E-state index < -0.39 is 6.10 Å². The van der Waals surface area contributed by atoms with Crippen LogP contribution in [0.2, 0.25) is 0 Å². The summed E-state index contributed by atoms with van der Waals surface area (Å²) in [6.07, 6.45) is 0.742. The second-order valence-electron chi connectivity index (χ2n) is 3.60. The van der Waals surface area contributed by atoms with E-state index in [1.54, 1.807) is 0 Å². The largest absolute Gasteiger partial charge is 0.394 e. The Balaban J connectivity index is 0. The predicted octanol–water partition coefficient (Wildman–Crippen LogP) is -0.523. The van der Waals surface area contributed by atoms with Crippen LogP contribution in [-0.2, 0) is 4.79 Å². The number of aliphatic hydroxyl groups excluding tert-OH is 2. The van der Waals surface area contributed by atoms with Crippen LogP contribution in [0.5, 0.6) is 0 Å². The molecule has 17 heavy (non-hydrogen) atoms. The first-order chi connectivity index (χ1) is 8.12. The second kappa shape index (κ2) is 15.9. The summed E-state index contributed by atoms with van der Waals surface area (Å²) in [4.78, 5) is 11.2. The van der Waals surface area contributed by atoms with Gasteiger partial charge in [0.1, 0.15) is 5.78 Å². The van der Waals surface area contributed by atoms with E-state index in [4.69, 9.17) is 10.2 Å². The van der Waals surface area contributed by atoms with Crippen molar-refractivity contribution in [3.05, 3.63) is 0 Å². The summed E-state index contributed by atoms with van der Waals surface area (Å²) in [7, 11) is 5.61. The molecule has 0 aromatic rings. The molecule has 5 nitrogen and oxygen atoms in total. The number of aliphatic hydroxyl groups is 2. The molecule has 0 aliphatic carbocycles. The van der Waals surface area contributed by atoms with Gasteiger partial charge in [-0.05, 0) is 34.1 Å². The Labute approximate surface area is 108 Å². The summed E-state index contributed by atoms with van der Waals surface area (Å²) in [6, 6.07) is 0. The van der Waals surface area contributed by atoms with Gasteiger partial charge in [0.05, 0.1) is 18.5 Å². The molecule has 0 radical (unpaired) electrons. The Morgan fingerprint density at radius 1 is 1.35 bits per heavy atom. The number of carbonyl (C=O) groups is 1. The van der Waals surface area contributed by atoms with E-state index in [9.17, 15) is 4.79 Å². The number of thioether (sulfide) groups is 1. The maximum atomic E-state index is 11.2. The molecule has 0 saturated heterocycles. The third-order valence-corrected chi connectivity index (χ3v) is 2.81. The van der Waals surface area contributed by atoms with Gasteiger partial charge in [-0.2, -0.15) is 11.8 Å². The van der Waals surface area contributed by atoms with Crippen molar-refractivity contribution in [2.45, 2.75) is 18.9 Å². The molecule has 0 spiro atoms. The highest BCUT2D eigenvalue weighted by atomic mass is 32.2. The maximum Gasteiger partial charge on any atom is 0.142 e. The molecule has 0 aromatic carbocycles. The third kappa shape index (κ3) is 18.4. The molecule has 1 unspecified atom stereocenters. The van der Waals surface area contributed by atoms with Crippen molar-refractivity contribution < 1.29 is 15.0 Å². The minimum absolute atomic E-state index is 0.204. The molecule has 0 saturated carbocycles. The summed E-state index contributed by atoms with van der Waals surface area (Å²) in [6.45, 7) is 0.622. The zero-order valence-corrected chi connectivity index (χ0v) is 11.8. The Morgan fingerprint density at radius 3 is 2.41 bits per heavy atom. The Bertz CT molecular complexity index is 171. The van der Waals surface area contributed by atoms with Crippen LogP contribution in [0.1, 0.15) is 12.8 Å². The Kier molecular flexibility index (Phi) is 17.9. The lowest BCUT2D eigenvalue weighted by molar-refractivity contribution is -0.116. The number of carbonyl (C=O) groups excluding carboxylic acids is 1. The average Bonchev–Trinajstić information content (AvgIpc) is 2.30. The van der Waals surface area contributed by atoms with E-state index in [1.165, 1.54) is 11.8 Å². The van der Waals surface area contributed by atoms with Crippen molar-refractivity contribution in [3.63, 3.8) is 0 Å². The standard InChI is InChI=1S/C9H19NO3S.C2H7N/c1-10-4-2-3-8(12)6-14-7-9(13)5-11;1-3-2/h9-11,13H,2-7H2,1H3;3H,1-2H3. The van der Waals surface area contributed by atoms with Crippen molar-refractivity contribution in [2.75, 3.05) is 45.8 Å². The van der Waals surface area contributed by atoms with Gasteiger partial charge in [0.25, 0.3) is 0 Å². The van der Waals surface area contributed by atoms with Gasteiger partial charge in [0.2, 0.25) is 0 Å². The summed E-state index contributed by atoms with van der Waals surface area (Å²) in [5, 5.41) is 23.2. The highest BCUT2D eigenvalue weighted by molar-refractivity contribution is 7.99. The Hall–Kier alpha value is -0.140. The van der Waals surface area contributed by atoms with Crippen LogP contribution >= 0.6 is 11.8 Å². The number of hydrogen-bond acceptors (Lipinski definition) is 6. The van der Waals surface area contributed by atoms with E-state index in [-0.39, 0.29) is 12.4 Å². The predicted molar refractivity (Wildman–Crippen MR) is 73.6 cm³/mol. The monoisotopic (exact) mass is 266 g/mol. The second-order valence-corrected chi connectivity index (χ2v) is 4.63. The molecule has 104 valence electrons. The van der Waals surface area contributed by atoms with Crippen molar-refractivity contribution >= 4 is 17.5 Å². The Morgan fingerprint density at radius 2 is 1.94 bits per heavy atom. The first kappa shape index (κ1) is 19.2. The first-order valence-electron chi connectivity index (χ1n) is 5.73. The van der Waals surface area contributed by atoms with Gasteiger partial charge in [0.15, 0.2) is 0 Å². The van der Waals surface area contributed by atoms with Crippen molar-refractivity contribution in [1.29, 1.82) is 0 Å². The van der Waals surface area contributed by atoms with Gasteiger partial charge in [-0.25, -0.2) is 0 Å². The first-order valence-corrected chi connectivity index (χ1v) is 6.89. The van der Waals surface area contributed by atoms with Crippen LogP contribution in [0.15, 0.2) is 0 Å². The fourth-order valence-corrected chi connectivity index (χ4v) is 1.76. The van der Waals surface area contributed by atoms with Crippen molar-refractivity contribution in [2.24, 2.45) is 0 Å². The third-order valence-electron chi connectivity index (χ3n) is 1.67. The minimum Gasteiger partial charge on any atom is -0.394 e. The van der Waals surface area contributed by atoms with Crippen LogP contribution in [0.4, 0.5) is 0 Å². The molecule has 0 rings (SSSR count). The van der Waals surface area contributed by atoms with Gasteiger partial charge >= 0.3 is 0 Å². The summed E-state index contributed by atoms with van der Waals surface area (Å²) in [5.41, 5.74) is 0. The lowest BCUT2D eigenvalue weighted by Crippen LogP contribution is -2.16. The van der Waals surface area contributed by atoms with E-state index in [2.05, 4.69) is 10.6 Å². The molecule has 0 aromatic heterocycles. The molecule has 0 aliphatic heterocycles. The van der Waals surface area contributed by atoms with E-state index in [1.807, 2.05) is 21.1 Å². The lowest BCUT2D eigenvalue weighted by Gasteiger charge is -2.05. The number of Topliss-reactive ketones (excluding diaryl/α,β-unsaturated/α-hetero) is 1. The number of ketones is 1. The van der Waals surface area contributed by atoms with Gasteiger partial charge < -0.3 is 20.8 Å². The maximum absolute atomic E-state index is 11.2. The number of nitrogens with one attached hydrogen (secondary N) is 2. The summed E-state index contributed by atoms with van der Waals surface area (Å²) >= 11 is 1.37. The molecule has 4 N–H and O–H groups in total. The van der Waals surface area contributed by atoms with E-state index >= 15 is 0 Å². The molecule has 0 amide bonds. The molecule has 0 bridgehead atoms. The van der Waals surface area contributed by atoms with Gasteiger partial charge in [0, 0.05) is 12.2 Å². The molecule has 1 atom stereocenters. The SMILES string of the molecule is CNC.CNCCCC(=O)CSCC(O)CO. The molecule has 0 heterocycles. The van der Waals surface area contributed by atoms with Crippen molar-refractivity contribution in [1.82, 2.24) is 10.6 Å². The van der Waals surface area contributed by atoms with Crippen LogP contribution in [0.25, 0.3) is 0 Å². The van der Waals surface area contributed by atoms with Crippen molar-refractivity contribution in [3.8, 4) is 0 Å². The summed E-state index contributed by atoms with van der Waals surface area (Å²) < 4.78 is 0. The fraction of sp³-hybridized carbons (Fsp3) is 0.909. The zero-order chi connectivity index (χ0) is 13.5. The molecule has 6 heteroatoms. The van der Waals surface area contributed by atoms with Crippen LogP contribution in [-0.4, -0.2) is 67.9 Å². The van der Waals surface area contributed by atoms with Crippen LogP contribution < -0.4 is 10.6 Å². The number of hydrogen-bond donors (Lipinski definition) is 4.